The molecule has 0 heterocycles. The Morgan fingerprint density at radius 1 is 0.536 bits per heavy atom. The highest BCUT2D eigenvalue weighted by molar-refractivity contribution is 5.86. The van der Waals surface area contributed by atoms with E-state index in [1.54, 1.807) is 0 Å². The van der Waals surface area contributed by atoms with E-state index in [0.29, 0.717) is 51.4 Å². The molecule has 2 atom stereocenters. The molecule has 8 heteroatoms. The molecule has 0 saturated carbocycles. The van der Waals surface area contributed by atoms with E-state index in [-0.39, 0.29) is 25.7 Å². The van der Waals surface area contributed by atoms with E-state index in [1.807, 2.05) is 0 Å². The van der Waals surface area contributed by atoms with Crippen LogP contribution < -0.4 is 0 Å². The van der Waals surface area contributed by atoms with Crippen LogP contribution in [0.25, 0.3) is 0 Å². The molecule has 0 rings (SSSR count). The van der Waals surface area contributed by atoms with E-state index in [4.69, 9.17) is 10.2 Å². The van der Waals surface area contributed by atoms with Crippen LogP contribution in [0, 0.1) is 10.8 Å². The fourth-order valence-electron chi connectivity index (χ4n) is 3.45. The first-order chi connectivity index (χ1) is 13.0. The summed E-state index contributed by atoms with van der Waals surface area (Å²) in [6.45, 7) is 2.95. The third-order valence-corrected chi connectivity index (χ3v) is 5.80. The van der Waals surface area contributed by atoms with Gasteiger partial charge in [0.25, 0.3) is 0 Å². The van der Waals surface area contributed by atoms with Crippen molar-refractivity contribution in [3.63, 3.8) is 0 Å². The lowest BCUT2D eigenvalue weighted by atomic mass is 9.60. The fraction of sp³-hybridized carbons (Fsp3) is 0.800. The van der Waals surface area contributed by atoms with Gasteiger partial charge in [-0.1, -0.05) is 38.5 Å². The van der Waals surface area contributed by atoms with Gasteiger partial charge in [-0.3, -0.25) is 19.2 Å². The van der Waals surface area contributed by atoms with Gasteiger partial charge in [0.05, 0.1) is 10.8 Å². The lowest BCUT2D eigenvalue weighted by molar-refractivity contribution is -0.173. The molecule has 0 aliphatic rings. The van der Waals surface area contributed by atoms with Gasteiger partial charge in [0.1, 0.15) is 0 Å². The van der Waals surface area contributed by atoms with Gasteiger partial charge in [0.15, 0.2) is 0 Å². The first kappa shape index (κ1) is 25.9. The van der Waals surface area contributed by atoms with Crippen LogP contribution in [-0.4, -0.2) is 44.3 Å². The lowest BCUT2D eigenvalue weighted by Crippen LogP contribution is -2.49. The first-order valence-corrected chi connectivity index (χ1v) is 9.88. The SMILES string of the molecule is CC(CCCCCCC(=O)O)(C(=O)O)C(C)(CCCCCCC(=O)O)C(=O)O. The third-order valence-electron chi connectivity index (χ3n) is 5.80. The molecule has 4 N–H and O–H groups in total. The summed E-state index contributed by atoms with van der Waals surface area (Å²) in [5, 5.41) is 36.8. The lowest BCUT2D eigenvalue weighted by Gasteiger charge is -2.40. The normalized spacial score (nSPS) is 15.4. The molecule has 0 aromatic carbocycles. The van der Waals surface area contributed by atoms with Crippen molar-refractivity contribution in [3.8, 4) is 0 Å². The molecule has 2 unspecified atom stereocenters. The zero-order valence-corrected chi connectivity index (χ0v) is 16.9. The Balaban J connectivity index is 4.79. The number of hydrogen-bond acceptors (Lipinski definition) is 4. The van der Waals surface area contributed by atoms with Gasteiger partial charge in [-0.05, 0) is 39.5 Å². The summed E-state index contributed by atoms with van der Waals surface area (Å²) in [6, 6.07) is 0. The van der Waals surface area contributed by atoms with Gasteiger partial charge in [0, 0.05) is 12.8 Å². The van der Waals surface area contributed by atoms with Crippen molar-refractivity contribution in [2.75, 3.05) is 0 Å². The monoisotopic (exact) mass is 402 g/mol. The smallest absolute Gasteiger partial charge is 0.310 e. The molecule has 162 valence electrons. The highest BCUT2D eigenvalue weighted by Gasteiger charge is 2.54. The van der Waals surface area contributed by atoms with Gasteiger partial charge in [0.2, 0.25) is 0 Å². The molecule has 0 amide bonds. The maximum atomic E-state index is 12.0. The molecule has 0 aromatic heterocycles. The van der Waals surface area contributed by atoms with Crippen molar-refractivity contribution in [3.05, 3.63) is 0 Å². The Morgan fingerprint density at radius 2 is 0.821 bits per heavy atom. The van der Waals surface area contributed by atoms with Crippen molar-refractivity contribution in [1.29, 1.82) is 0 Å². The number of carboxylic acid groups (broad SMARTS) is 4. The molecule has 0 aliphatic carbocycles. The molecule has 0 spiro atoms. The average Bonchev–Trinajstić information content (AvgIpc) is 2.59. The van der Waals surface area contributed by atoms with Crippen LogP contribution >= 0.6 is 0 Å². The van der Waals surface area contributed by atoms with E-state index in [1.165, 1.54) is 13.8 Å². The van der Waals surface area contributed by atoms with Crippen LogP contribution in [0.1, 0.15) is 90.9 Å². The highest BCUT2D eigenvalue weighted by atomic mass is 16.4. The topological polar surface area (TPSA) is 149 Å². The number of rotatable bonds is 17. The Bertz CT molecular complexity index is 496. The van der Waals surface area contributed by atoms with Gasteiger partial charge in [-0.25, -0.2) is 0 Å². The minimum absolute atomic E-state index is 0.0743. The third kappa shape index (κ3) is 8.27. The summed E-state index contributed by atoms with van der Waals surface area (Å²) in [4.78, 5) is 45.0. The predicted molar refractivity (Wildman–Crippen MR) is 102 cm³/mol. The number of unbranched alkanes of at least 4 members (excludes halogenated alkanes) is 6. The first-order valence-electron chi connectivity index (χ1n) is 9.88. The van der Waals surface area contributed by atoms with Crippen molar-refractivity contribution >= 4 is 23.9 Å². The van der Waals surface area contributed by atoms with Crippen molar-refractivity contribution in [2.24, 2.45) is 10.8 Å². The minimum atomic E-state index is -1.44. The summed E-state index contributed by atoms with van der Waals surface area (Å²) in [5.74, 6) is -4.02. The zero-order valence-electron chi connectivity index (χ0n) is 16.9. The second kappa shape index (κ2) is 12.4. The maximum absolute atomic E-state index is 12.0. The molecule has 0 saturated heterocycles. The standard InChI is InChI=1S/C20H34O8/c1-19(17(25)26,13-9-5-3-7-11-15(21)22)20(2,18(27)28)14-10-6-4-8-12-16(23)24/h3-14H2,1-2H3,(H,21,22)(H,23,24)(H,25,26)(H,27,28). The molecule has 0 aromatic rings. The molecule has 0 bridgehead atoms. The van der Waals surface area contributed by atoms with Crippen LogP contribution in [0.3, 0.4) is 0 Å². The summed E-state index contributed by atoms with van der Waals surface area (Å²) in [7, 11) is 0. The van der Waals surface area contributed by atoms with Gasteiger partial charge < -0.3 is 20.4 Å². The predicted octanol–water partition coefficient (Wildman–Crippen LogP) is 4.02. The summed E-state index contributed by atoms with van der Waals surface area (Å²) in [5.41, 5.74) is -2.88. The minimum Gasteiger partial charge on any atom is -0.481 e. The molecule has 8 nitrogen and oxygen atoms in total. The van der Waals surface area contributed by atoms with Crippen LogP contribution in [0.4, 0.5) is 0 Å². The largest absolute Gasteiger partial charge is 0.481 e. The zero-order chi connectivity index (χ0) is 21.8. The number of carbonyl (C=O) groups is 4. The van der Waals surface area contributed by atoms with Crippen molar-refractivity contribution in [1.82, 2.24) is 0 Å². The van der Waals surface area contributed by atoms with E-state index < -0.39 is 34.7 Å². The van der Waals surface area contributed by atoms with Gasteiger partial charge >= 0.3 is 23.9 Å². The fourth-order valence-corrected chi connectivity index (χ4v) is 3.45. The van der Waals surface area contributed by atoms with E-state index >= 15 is 0 Å². The van der Waals surface area contributed by atoms with Crippen LogP contribution in [0.15, 0.2) is 0 Å². The molecular weight excluding hydrogens is 368 g/mol. The van der Waals surface area contributed by atoms with E-state index in [2.05, 4.69) is 0 Å². The van der Waals surface area contributed by atoms with E-state index in [9.17, 15) is 29.4 Å². The summed E-state index contributed by atoms with van der Waals surface area (Å²) < 4.78 is 0. The molecule has 0 fully saturated rings. The summed E-state index contributed by atoms with van der Waals surface area (Å²) >= 11 is 0. The Morgan fingerprint density at radius 3 is 1.07 bits per heavy atom. The Hall–Kier alpha value is -2.12. The Kier molecular flexibility index (Phi) is 11.4. The van der Waals surface area contributed by atoms with Gasteiger partial charge in [-0.2, -0.15) is 0 Å². The molecule has 0 radical (unpaired) electrons. The number of aliphatic carboxylic acids is 4. The van der Waals surface area contributed by atoms with Gasteiger partial charge in [-0.15, -0.1) is 0 Å². The average molecular weight is 402 g/mol. The van der Waals surface area contributed by atoms with Crippen LogP contribution in [-0.2, 0) is 19.2 Å². The number of hydrogen-bond donors (Lipinski definition) is 4. The molecular formula is C20H34O8. The van der Waals surface area contributed by atoms with E-state index in [0.717, 1.165) is 0 Å². The van der Waals surface area contributed by atoms with Crippen molar-refractivity contribution in [2.45, 2.75) is 90.9 Å². The maximum Gasteiger partial charge on any atom is 0.310 e. The van der Waals surface area contributed by atoms with Crippen molar-refractivity contribution < 1.29 is 39.6 Å². The number of carboxylic acids is 4. The van der Waals surface area contributed by atoms with Crippen LogP contribution in [0.2, 0.25) is 0 Å². The molecule has 0 aliphatic heterocycles. The van der Waals surface area contributed by atoms with Crippen LogP contribution in [0.5, 0.6) is 0 Å². The quantitative estimate of drug-likeness (QED) is 0.266. The highest BCUT2D eigenvalue weighted by Crippen LogP contribution is 2.47. The molecule has 28 heavy (non-hydrogen) atoms. The Labute approximate surface area is 165 Å². The second-order valence-electron chi connectivity index (χ2n) is 7.89. The second-order valence-corrected chi connectivity index (χ2v) is 7.89. The summed E-state index contributed by atoms with van der Waals surface area (Å²) in [6.07, 6.45) is 5.27.